The Morgan fingerprint density at radius 3 is 2.57 bits per heavy atom. The first-order valence-corrected chi connectivity index (χ1v) is 4.19. The molecule has 0 N–H and O–H groups in total. The second kappa shape index (κ2) is 5.00. The summed E-state index contributed by atoms with van der Waals surface area (Å²) in [6.45, 7) is 0. The first-order chi connectivity index (χ1) is 6.77. The van der Waals surface area contributed by atoms with Gasteiger partial charge in [0.15, 0.2) is 0 Å². The molecule has 0 saturated heterocycles. The van der Waals surface area contributed by atoms with Gasteiger partial charge in [-0.15, -0.1) is 0 Å². The van der Waals surface area contributed by atoms with Gasteiger partial charge in [-0.1, -0.05) is 23.6 Å². The van der Waals surface area contributed by atoms with Crippen molar-refractivity contribution in [1.29, 1.82) is 5.26 Å². The van der Waals surface area contributed by atoms with Crippen LogP contribution in [0.2, 0.25) is 0 Å². The fourth-order valence-corrected chi connectivity index (χ4v) is 1.01. The Kier molecular flexibility index (Phi) is 3.65. The van der Waals surface area contributed by atoms with E-state index in [2.05, 4.69) is 12.6 Å². The van der Waals surface area contributed by atoms with Gasteiger partial charge in [0.2, 0.25) is 0 Å². The van der Waals surface area contributed by atoms with Crippen molar-refractivity contribution in [3.8, 4) is 5.40 Å². The maximum Gasteiger partial charge on any atom is 0.336 e. The lowest BCUT2D eigenvalue weighted by Crippen LogP contribution is -1.93. The molecule has 0 aliphatic heterocycles. The number of nitrogens with zero attached hydrogens (tertiary/aromatic N) is 1. The zero-order valence-corrected chi connectivity index (χ0v) is 7.95. The summed E-state index contributed by atoms with van der Waals surface area (Å²) >= 11 is 3.70. The van der Waals surface area contributed by atoms with Gasteiger partial charge in [-0.25, -0.2) is 10.1 Å². The number of benzene rings is 1. The minimum absolute atomic E-state index is 0.302. The van der Waals surface area contributed by atoms with Gasteiger partial charge >= 0.3 is 5.63 Å². The molecule has 0 fully saturated rings. The van der Waals surface area contributed by atoms with Gasteiger partial charge in [-0.2, -0.15) is 0 Å². The molecule has 0 aliphatic carbocycles. The molecule has 0 aliphatic rings. The lowest BCUT2D eigenvalue weighted by molar-refractivity contribution is 0.561. The topological polar surface area (TPSA) is 54.0 Å². The fraction of sp³-hybridized carbons (Fsp3) is 0. The van der Waals surface area contributed by atoms with Crippen molar-refractivity contribution in [3.63, 3.8) is 0 Å². The van der Waals surface area contributed by atoms with E-state index in [-0.39, 0.29) is 5.63 Å². The van der Waals surface area contributed by atoms with E-state index in [1.807, 2.05) is 18.2 Å². The molecule has 2 aromatic rings. The van der Waals surface area contributed by atoms with Crippen molar-refractivity contribution in [2.75, 3.05) is 0 Å². The third-order valence-electron chi connectivity index (χ3n) is 1.53. The molecule has 0 spiro atoms. The Bertz CT molecular complexity index is 513. The Hall–Kier alpha value is -1.86. The Morgan fingerprint density at radius 2 is 1.86 bits per heavy atom. The van der Waals surface area contributed by atoms with Crippen LogP contribution in [-0.4, -0.2) is 0 Å². The van der Waals surface area contributed by atoms with Gasteiger partial charge in [-0.05, 0) is 12.1 Å². The van der Waals surface area contributed by atoms with E-state index in [1.165, 1.54) is 11.5 Å². The minimum atomic E-state index is -0.302. The van der Waals surface area contributed by atoms with Crippen LogP contribution >= 0.6 is 0 Å². The van der Waals surface area contributed by atoms with E-state index in [0.717, 1.165) is 5.39 Å². The van der Waals surface area contributed by atoms with Crippen molar-refractivity contribution >= 4 is 23.6 Å². The molecular weight excluding hydrogens is 198 g/mol. The Morgan fingerprint density at radius 1 is 1.21 bits per heavy atom. The van der Waals surface area contributed by atoms with E-state index in [1.54, 1.807) is 12.1 Å². The van der Waals surface area contributed by atoms with E-state index in [0.29, 0.717) is 5.58 Å². The summed E-state index contributed by atoms with van der Waals surface area (Å²) in [6, 6.07) is 10.6. The molecule has 0 unspecified atom stereocenters. The van der Waals surface area contributed by atoms with Crippen LogP contribution in [0.15, 0.2) is 45.6 Å². The Balaban J connectivity index is 0.000000293. The van der Waals surface area contributed by atoms with Gasteiger partial charge in [-0.3, -0.25) is 0 Å². The second-order valence-corrected chi connectivity index (χ2v) is 2.57. The molecule has 14 heavy (non-hydrogen) atoms. The molecule has 70 valence electrons. The third-order valence-corrected chi connectivity index (χ3v) is 1.53. The van der Waals surface area contributed by atoms with Crippen molar-refractivity contribution in [3.05, 3.63) is 46.8 Å². The van der Waals surface area contributed by atoms with Gasteiger partial charge in [0.25, 0.3) is 0 Å². The standard InChI is InChI=1S/C9H6O2.CHNS/c10-9-6-5-7-3-1-2-4-8(7)11-9;2-1-3/h1-6H;3H/p-1. The SMILES string of the molecule is N#C[S-].O=c1ccc2ccccc2o1. The number of thiocyanates is 1. The first kappa shape index (κ1) is 10.2. The summed E-state index contributed by atoms with van der Waals surface area (Å²) in [6.07, 6.45) is 0. The summed E-state index contributed by atoms with van der Waals surface area (Å²) < 4.78 is 4.91. The molecule has 0 saturated carbocycles. The van der Waals surface area contributed by atoms with Crippen LogP contribution in [0.4, 0.5) is 0 Å². The average Bonchev–Trinajstić information content (AvgIpc) is 2.19. The second-order valence-electron chi connectivity index (χ2n) is 2.38. The van der Waals surface area contributed by atoms with E-state index in [4.69, 9.17) is 9.68 Å². The smallest absolute Gasteiger partial charge is 0.336 e. The molecular formula is C10H6NO2S-. The minimum Gasteiger partial charge on any atom is -0.696 e. The lowest BCUT2D eigenvalue weighted by Gasteiger charge is -1.91. The predicted molar refractivity (Wildman–Crippen MR) is 55.5 cm³/mol. The average molecular weight is 204 g/mol. The summed E-state index contributed by atoms with van der Waals surface area (Å²) in [5.41, 5.74) is 0.337. The first-order valence-electron chi connectivity index (χ1n) is 3.78. The summed E-state index contributed by atoms with van der Waals surface area (Å²) in [4.78, 5) is 10.7. The largest absolute Gasteiger partial charge is 0.696 e. The molecule has 4 heteroatoms. The molecule has 0 atom stereocenters. The van der Waals surface area contributed by atoms with E-state index < -0.39 is 0 Å². The number of hydrogen-bond donors (Lipinski definition) is 0. The van der Waals surface area contributed by atoms with Crippen LogP contribution in [0.3, 0.4) is 0 Å². The maximum absolute atomic E-state index is 10.7. The number of para-hydroxylation sites is 1. The van der Waals surface area contributed by atoms with E-state index >= 15 is 0 Å². The number of rotatable bonds is 0. The predicted octanol–water partition coefficient (Wildman–Crippen LogP) is 1.81. The lowest BCUT2D eigenvalue weighted by atomic mass is 10.2. The monoisotopic (exact) mass is 204 g/mol. The highest BCUT2D eigenvalue weighted by Crippen LogP contribution is 2.08. The summed E-state index contributed by atoms with van der Waals surface area (Å²) in [7, 11) is 0. The third kappa shape index (κ3) is 2.57. The van der Waals surface area contributed by atoms with Crippen LogP contribution in [0.25, 0.3) is 11.0 Å². The maximum atomic E-state index is 10.7. The number of nitriles is 1. The molecule has 1 aromatic heterocycles. The van der Waals surface area contributed by atoms with Crippen LogP contribution < -0.4 is 5.63 Å². The summed E-state index contributed by atoms with van der Waals surface area (Å²) in [5, 5.41) is 9.42. The van der Waals surface area contributed by atoms with Gasteiger partial charge in [0, 0.05) is 11.5 Å². The molecule has 3 nitrogen and oxygen atoms in total. The molecule has 2 rings (SSSR count). The van der Waals surface area contributed by atoms with E-state index in [9.17, 15) is 4.79 Å². The number of fused-ring (bicyclic) bond motifs is 1. The zero-order valence-electron chi connectivity index (χ0n) is 7.14. The molecule has 1 heterocycles. The highest BCUT2D eigenvalue weighted by Gasteiger charge is 1.92. The Labute approximate surface area is 86.0 Å². The van der Waals surface area contributed by atoms with Crippen LogP contribution in [0.1, 0.15) is 0 Å². The van der Waals surface area contributed by atoms with Crippen LogP contribution in [-0.2, 0) is 12.6 Å². The fourth-order valence-electron chi connectivity index (χ4n) is 1.01. The summed E-state index contributed by atoms with van der Waals surface area (Å²) in [5.74, 6) is 0. The molecule has 0 bridgehead atoms. The normalized spacial score (nSPS) is 8.50. The van der Waals surface area contributed by atoms with Gasteiger partial charge < -0.3 is 17.0 Å². The van der Waals surface area contributed by atoms with Crippen LogP contribution in [0.5, 0.6) is 0 Å². The van der Waals surface area contributed by atoms with Crippen molar-refractivity contribution in [2.45, 2.75) is 0 Å². The number of hydrogen-bond acceptors (Lipinski definition) is 4. The van der Waals surface area contributed by atoms with Crippen molar-refractivity contribution < 1.29 is 4.42 Å². The van der Waals surface area contributed by atoms with Crippen molar-refractivity contribution in [1.82, 2.24) is 0 Å². The molecule has 1 aromatic carbocycles. The zero-order chi connectivity index (χ0) is 10.4. The molecule has 0 amide bonds. The van der Waals surface area contributed by atoms with Crippen LogP contribution in [0, 0.1) is 10.7 Å². The highest BCUT2D eigenvalue weighted by molar-refractivity contribution is 7.64. The van der Waals surface area contributed by atoms with Crippen molar-refractivity contribution in [2.24, 2.45) is 0 Å². The van der Waals surface area contributed by atoms with Gasteiger partial charge in [0.1, 0.15) is 5.58 Å². The molecule has 0 radical (unpaired) electrons. The quantitative estimate of drug-likeness (QED) is 0.373. The van der Waals surface area contributed by atoms with Gasteiger partial charge in [0.05, 0.1) is 0 Å². The highest BCUT2D eigenvalue weighted by atomic mass is 32.1.